The Balaban J connectivity index is 1.40. The molecule has 0 aliphatic heterocycles. The van der Waals surface area contributed by atoms with Gasteiger partial charge in [0.1, 0.15) is 27.8 Å². The number of phenols is 1. The molecule has 174 valence electrons. The number of aromatic hydroxyl groups is 1. The van der Waals surface area contributed by atoms with E-state index < -0.39 is 0 Å². The van der Waals surface area contributed by atoms with Gasteiger partial charge in [-0.3, -0.25) is 0 Å². The number of nitrogens with zero attached hydrogens (tertiary/aromatic N) is 6. The fraction of sp³-hybridized carbons (Fsp3) is 0.333. The molecular formula is C27H30N6O. The van der Waals surface area contributed by atoms with Gasteiger partial charge in [0, 0.05) is 0 Å². The van der Waals surface area contributed by atoms with Crippen molar-refractivity contribution in [1.82, 2.24) is 30.0 Å². The standard InChI is InChI=1S/C27H30N6O/c1-17-18(2)20(4)27(34)21(19(17)3)11-5-10-16-26(32-28-22-12-6-7-13-23(22)29-32)33-30-24-14-8-9-15-25(24)31-33/h6-9,12-15,26,34H,5,10-11,16H2,1-4H3. The summed E-state index contributed by atoms with van der Waals surface area (Å²) >= 11 is 0. The Bertz CT molecular complexity index is 1310. The van der Waals surface area contributed by atoms with Crippen LogP contribution >= 0.6 is 0 Å². The van der Waals surface area contributed by atoms with E-state index >= 15 is 0 Å². The minimum absolute atomic E-state index is 0.226. The predicted octanol–water partition coefficient (Wildman–Crippen LogP) is 5.58. The molecule has 5 rings (SSSR count). The number of phenolic OH excluding ortho intramolecular Hbond substituents is 1. The Kier molecular flexibility index (Phi) is 5.77. The summed E-state index contributed by atoms with van der Waals surface area (Å²) < 4.78 is 0. The Morgan fingerprint density at radius 2 is 1.09 bits per heavy atom. The number of benzene rings is 3. The lowest BCUT2D eigenvalue weighted by molar-refractivity contribution is 0.274. The van der Waals surface area contributed by atoms with Gasteiger partial charge in [-0.25, -0.2) is 0 Å². The first-order valence-corrected chi connectivity index (χ1v) is 11.9. The van der Waals surface area contributed by atoms with Gasteiger partial charge in [-0.2, -0.15) is 30.0 Å². The van der Waals surface area contributed by atoms with Crippen molar-refractivity contribution in [1.29, 1.82) is 0 Å². The van der Waals surface area contributed by atoms with E-state index in [2.05, 4.69) is 20.8 Å². The summed E-state index contributed by atoms with van der Waals surface area (Å²) in [5.41, 5.74) is 9.10. The first-order chi connectivity index (χ1) is 16.4. The van der Waals surface area contributed by atoms with Crippen LogP contribution in [0.1, 0.15) is 53.2 Å². The van der Waals surface area contributed by atoms with Crippen LogP contribution in [0.25, 0.3) is 22.1 Å². The second-order valence-electron chi connectivity index (χ2n) is 9.07. The number of unbranched alkanes of at least 4 members (excludes halogenated alkanes) is 1. The van der Waals surface area contributed by atoms with Gasteiger partial charge < -0.3 is 5.11 Å². The van der Waals surface area contributed by atoms with Crippen LogP contribution in [0.2, 0.25) is 0 Å². The molecule has 0 spiro atoms. The van der Waals surface area contributed by atoms with E-state index in [0.717, 1.165) is 58.9 Å². The van der Waals surface area contributed by atoms with Crippen LogP contribution in [-0.2, 0) is 6.42 Å². The molecule has 7 heteroatoms. The molecule has 3 aromatic carbocycles. The van der Waals surface area contributed by atoms with Crippen LogP contribution in [0.15, 0.2) is 48.5 Å². The molecule has 0 aliphatic rings. The van der Waals surface area contributed by atoms with Crippen molar-refractivity contribution < 1.29 is 5.11 Å². The third-order valence-corrected chi connectivity index (χ3v) is 7.06. The Morgan fingerprint density at radius 3 is 1.56 bits per heavy atom. The second kappa shape index (κ2) is 8.89. The van der Waals surface area contributed by atoms with Crippen LogP contribution < -0.4 is 0 Å². The largest absolute Gasteiger partial charge is 0.507 e. The first-order valence-electron chi connectivity index (χ1n) is 11.9. The minimum atomic E-state index is -0.226. The molecule has 34 heavy (non-hydrogen) atoms. The molecule has 2 heterocycles. The Morgan fingerprint density at radius 1 is 0.647 bits per heavy atom. The molecule has 7 nitrogen and oxygen atoms in total. The number of hydrogen-bond acceptors (Lipinski definition) is 5. The Labute approximate surface area is 199 Å². The summed E-state index contributed by atoms with van der Waals surface area (Å²) in [6.45, 7) is 8.32. The van der Waals surface area contributed by atoms with Crippen molar-refractivity contribution >= 4 is 22.1 Å². The Hall–Kier alpha value is -3.74. The maximum Gasteiger partial charge on any atom is 0.182 e. The van der Waals surface area contributed by atoms with Crippen LogP contribution in [0, 0.1) is 27.7 Å². The molecule has 0 saturated carbocycles. The zero-order chi connectivity index (χ0) is 23.8. The summed E-state index contributed by atoms with van der Waals surface area (Å²) in [4.78, 5) is 3.49. The highest BCUT2D eigenvalue weighted by atomic mass is 16.3. The molecule has 2 aromatic heterocycles. The smallest absolute Gasteiger partial charge is 0.182 e. The van der Waals surface area contributed by atoms with Gasteiger partial charge in [0.05, 0.1) is 0 Å². The third-order valence-electron chi connectivity index (χ3n) is 7.06. The summed E-state index contributed by atoms with van der Waals surface area (Å²) in [6, 6.07) is 15.8. The second-order valence-corrected chi connectivity index (χ2v) is 9.07. The average Bonchev–Trinajstić information content (AvgIpc) is 3.47. The quantitative estimate of drug-likeness (QED) is 0.325. The molecule has 0 saturated heterocycles. The molecule has 0 amide bonds. The zero-order valence-electron chi connectivity index (χ0n) is 20.2. The van der Waals surface area contributed by atoms with E-state index in [9.17, 15) is 5.11 Å². The summed E-state index contributed by atoms with van der Waals surface area (Å²) in [5, 5.41) is 29.7. The van der Waals surface area contributed by atoms with E-state index in [0.29, 0.717) is 5.75 Å². The van der Waals surface area contributed by atoms with E-state index in [-0.39, 0.29) is 6.17 Å². The molecule has 0 aliphatic carbocycles. The van der Waals surface area contributed by atoms with E-state index in [1.165, 1.54) is 16.7 Å². The monoisotopic (exact) mass is 454 g/mol. The van der Waals surface area contributed by atoms with Crippen molar-refractivity contribution in [3.63, 3.8) is 0 Å². The number of rotatable bonds is 7. The number of aromatic nitrogens is 6. The minimum Gasteiger partial charge on any atom is -0.507 e. The number of fused-ring (bicyclic) bond motifs is 2. The van der Waals surface area contributed by atoms with Crippen LogP contribution in [0.5, 0.6) is 5.75 Å². The summed E-state index contributed by atoms with van der Waals surface area (Å²) in [5.74, 6) is 0.442. The third kappa shape index (κ3) is 3.91. The predicted molar refractivity (Wildman–Crippen MR) is 134 cm³/mol. The van der Waals surface area contributed by atoms with Gasteiger partial charge >= 0.3 is 0 Å². The average molecular weight is 455 g/mol. The van der Waals surface area contributed by atoms with E-state index in [1.54, 1.807) is 9.59 Å². The SMILES string of the molecule is Cc1c(C)c(C)c(CCCCC(n2nc3ccccc3n2)n2nc3ccccc3n2)c(O)c1C. The number of hydrogen-bond donors (Lipinski definition) is 1. The molecule has 5 aromatic rings. The topological polar surface area (TPSA) is 81.7 Å². The molecule has 0 radical (unpaired) electrons. The molecule has 0 atom stereocenters. The maximum absolute atomic E-state index is 10.8. The van der Waals surface area contributed by atoms with Crippen LogP contribution in [-0.4, -0.2) is 35.1 Å². The van der Waals surface area contributed by atoms with Crippen molar-refractivity contribution in [2.45, 2.75) is 59.5 Å². The fourth-order valence-corrected chi connectivity index (χ4v) is 4.65. The highest BCUT2D eigenvalue weighted by Gasteiger charge is 2.20. The highest BCUT2D eigenvalue weighted by molar-refractivity contribution is 5.73. The van der Waals surface area contributed by atoms with Crippen molar-refractivity contribution in [3.05, 3.63) is 76.3 Å². The van der Waals surface area contributed by atoms with Crippen LogP contribution in [0.4, 0.5) is 0 Å². The molecular weight excluding hydrogens is 424 g/mol. The highest BCUT2D eigenvalue weighted by Crippen LogP contribution is 2.33. The first kappa shape index (κ1) is 22.1. The fourth-order valence-electron chi connectivity index (χ4n) is 4.65. The van der Waals surface area contributed by atoms with Crippen LogP contribution in [0.3, 0.4) is 0 Å². The molecule has 0 unspecified atom stereocenters. The van der Waals surface area contributed by atoms with Gasteiger partial charge in [0.15, 0.2) is 6.17 Å². The van der Waals surface area contributed by atoms with Gasteiger partial charge in [0.2, 0.25) is 0 Å². The lowest BCUT2D eigenvalue weighted by Crippen LogP contribution is -2.23. The lowest BCUT2D eigenvalue weighted by atomic mass is 9.90. The molecule has 1 N–H and O–H groups in total. The van der Waals surface area contributed by atoms with Crippen molar-refractivity contribution in [2.24, 2.45) is 0 Å². The molecule has 0 fully saturated rings. The van der Waals surface area contributed by atoms with Crippen molar-refractivity contribution in [3.8, 4) is 5.75 Å². The van der Waals surface area contributed by atoms with Gasteiger partial charge in [-0.1, -0.05) is 24.3 Å². The lowest BCUT2D eigenvalue weighted by Gasteiger charge is -2.18. The maximum atomic E-state index is 10.8. The van der Waals surface area contributed by atoms with Crippen molar-refractivity contribution in [2.75, 3.05) is 0 Å². The zero-order valence-corrected chi connectivity index (χ0v) is 20.2. The normalized spacial score (nSPS) is 11.8. The summed E-state index contributed by atoms with van der Waals surface area (Å²) in [7, 11) is 0. The van der Waals surface area contributed by atoms with Gasteiger partial charge in [0.25, 0.3) is 0 Å². The van der Waals surface area contributed by atoms with E-state index in [1.807, 2.05) is 55.5 Å². The summed E-state index contributed by atoms with van der Waals surface area (Å²) in [6.07, 6.45) is 3.25. The van der Waals surface area contributed by atoms with Gasteiger partial charge in [-0.05, 0) is 105 Å². The van der Waals surface area contributed by atoms with Gasteiger partial charge in [-0.15, -0.1) is 0 Å². The molecule has 0 bridgehead atoms. The van der Waals surface area contributed by atoms with E-state index in [4.69, 9.17) is 20.4 Å².